The van der Waals surface area contributed by atoms with E-state index in [0.717, 1.165) is 5.56 Å². The summed E-state index contributed by atoms with van der Waals surface area (Å²) in [5, 5.41) is 0.887. The van der Waals surface area contributed by atoms with Crippen molar-refractivity contribution in [3.05, 3.63) is 57.1 Å². The van der Waals surface area contributed by atoms with Crippen molar-refractivity contribution >= 4 is 29.0 Å². The van der Waals surface area contributed by atoms with E-state index in [1.165, 1.54) is 0 Å². The first-order valence-electron chi connectivity index (χ1n) is 6.47. The van der Waals surface area contributed by atoms with Crippen LogP contribution in [-0.2, 0) is 0 Å². The fourth-order valence-electron chi connectivity index (χ4n) is 2.24. The van der Waals surface area contributed by atoms with Crippen molar-refractivity contribution in [1.82, 2.24) is 0 Å². The predicted octanol–water partition coefficient (Wildman–Crippen LogP) is 4.30. The number of benzene rings is 2. The van der Waals surface area contributed by atoms with Crippen LogP contribution in [0.25, 0.3) is 0 Å². The normalized spacial score (nSPS) is 13.1. The zero-order valence-corrected chi connectivity index (χ0v) is 12.8. The lowest BCUT2D eigenvalue weighted by Crippen LogP contribution is -2.16. The first kappa shape index (κ1) is 14.2. The smallest absolute Gasteiger partial charge is 0.194 e. The molecule has 0 N–H and O–H groups in total. The third kappa shape index (κ3) is 2.59. The second-order valence-corrected chi connectivity index (χ2v) is 5.53. The Kier molecular flexibility index (Phi) is 3.79. The van der Waals surface area contributed by atoms with Gasteiger partial charge in [-0.2, -0.15) is 0 Å². The van der Waals surface area contributed by atoms with Crippen LogP contribution in [0.15, 0.2) is 30.3 Å². The third-order valence-corrected chi connectivity index (χ3v) is 4.11. The van der Waals surface area contributed by atoms with E-state index in [-0.39, 0.29) is 5.78 Å². The quantitative estimate of drug-likeness (QED) is 0.773. The Labute approximate surface area is 132 Å². The van der Waals surface area contributed by atoms with Crippen LogP contribution in [0, 0.1) is 6.92 Å². The van der Waals surface area contributed by atoms with Gasteiger partial charge in [0.05, 0.1) is 5.02 Å². The van der Waals surface area contributed by atoms with Crippen LogP contribution in [0.3, 0.4) is 0 Å². The number of ketones is 1. The Bertz CT molecular complexity index is 726. The standard InChI is InChI=1S/C16H12Cl2O3/c1-9-10(3-2-4-12(9)17)16(19)11-7-14-15(8-13(11)18)21-6-5-20-14/h2-4,7-8H,5-6H2,1H3. The highest BCUT2D eigenvalue weighted by atomic mass is 35.5. The SMILES string of the molecule is Cc1c(Cl)cccc1C(=O)c1cc2c(cc1Cl)OCCO2. The van der Waals surface area contributed by atoms with E-state index >= 15 is 0 Å². The Balaban J connectivity index is 2.07. The molecule has 2 aromatic carbocycles. The van der Waals surface area contributed by atoms with Gasteiger partial charge < -0.3 is 9.47 Å². The van der Waals surface area contributed by atoms with Gasteiger partial charge >= 0.3 is 0 Å². The topological polar surface area (TPSA) is 35.5 Å². The molecule has 108 valence electrons. The van der Waals surface area contributed by atoms with Crippen LogP contribution >= 0.6 is 23.2 Å². The summed E-state index contributed by atoms with van der Waals surface area (Å²) >= 11 is 12.3. The monoisotopic (exact) mass is 322 g/mol. The molecule has 0 amide bonds. The zero-order valence-electron chi connectivity index (χ0n) is 11.3. The van der Waals surface area contributed by atoms with Gasteiger partial charge in [0.25, 0.3) is 0 Å². The molecule has 0 aliphatic carbocycles. The van der Waals surface area contributed by atoms with E-state index in [1.807, 2.05) is 6.92 Å². The molecule has 1 aliphatic rings. The molecule has 0 spiro atoms. The molecule has 0 atom stereocenters. The summed E-state index contributed by atoms with van der Waals surface area (Å²) in [7, 11) is 0. The summed E-state index contributed by atoms with van der Waals surface area (Å²) < 4.78 is 10.9. The van der Waals surface area contributed by atoms with Crippen molar-refractivity contribution in [3.8, 4) is 11.5 Å². The molecule has 0 bridgehead atoms. The molecule has 0 aromatic heterocycles. The lowest BCUT2D eigenvalue weighted by atomic mass is 9.98. The minimum atomic E-state index is -0.183. The molecule has 0 saturated carbocycles. The number of rotatable bonds is 2. The molecule has 1 aliphatic heterocycles. The fraction of sp³-hybridized carbons (Fsp3) is 0.188. The van der Waals surface area contributed by atoms with Gasteiger partial charge in [-0.15, -0.1) is 0 Å². The van der Waals surface area contributed by atoms with Crippen LogP contribution in [0.2, 0.25) is 10.0 Å². The maximum Gasteiger partial charge on any atom is 0.194 e. The van der Waals surface area contributed by atoms with Gasteiger partial charge in [-0.05, 0) is 24.6 Å². The second kappa shape index (κ2) is 5.58. The molecule has 3 nitrogen and oxygen atoms in total. The fourth-order valence-corrected chi connectivity index (χ4v) is 2.65. The molecular formula is C16H12Cl2O3. The van der Waals surface area contributed by atoms with Crippen LogP contribution in [-0.4, -0.2) is 19.0 Å². The van der Waals surface area contributed by atoms with E-state index in [4.69, 9.17) is 32.7 Å². The summed E-state index contributed by atoms with van der Waals surface area (Å²) in [6.45, 7) is 2.74. The average molecular weight is 323 g/mol. The van der Waals surface area contributed by atoms with Crippen LogP contribution < -0.4 is 9.47 Å². The zero-order chi connectivity index (χ0) is 15.0. The number of carbonyl (C=O) groups excluding carboxylic acids is 1. The van der Waals surface area contributed by atoms with Crippen molar-refractivity contribution < 1.29 is 14.3 Å². The van der Waals surface area contributed by atoms with E-state index in [2.05, 4.69) is 0 Å². The highest BCUT2D eigenvalue weighted by Crippen LogP contribution is 2.36. The van der Waals surface area contributed by atoms with Crippen LogP contribution in [0.1, 0.15) is 21.5 Å². The largest absolute Gasteiger partial charge is 0.486 e. The molecule has 0 fully saturated rings. The summed E-state index contributed by atoms with van der Waals surface area (Å²) in [5.74, 6) is 0.913. The van der Waals surface area contributed by atoms with Crippen molar-refractivity contribution in [2.75, 3.05) is 13.2 Å². The van der Waals surface area contributed by atoms with Crippen molar-refractivity contribution in [1.29, 1.82) is 0 Å². The Hall–Kier alpha value is -1.71. The highest BCUT2D eigenvalue weighted by molar-refractivity contribution is 6.36. The maximum absolute atomic E-state index is 12.7. The van der Waals surface area contributed by atoms with Gasteiger partial charge in [-0.1, -0.05) is 35.3 Å². The van der Waals surface area contributed by atoms with Crippen molar-refractivity contribution in [2.24, 2.45) is 0 Å². The summed E-state index contributed by atoms with van der Waals surface area (Å²) in [6, 6.07) is 8.47. The summed E-state index contributed by atoms with van der Waals surface area (Å²) in [6.07, 6.45) is 0. The lowest BCUT2D eigenvalue weighted by Gasteiger charge is -2.19. The van der Waals surface area contributed by atoms with Crippen molar-refractivity contribution in [3.63, 3.8) is 0 Å². The molecule has 3 rings (SSSR count). The van der Waals surface area contributed by atoms with E-state index in [9.17, 15) is 4.79 Å². The minimum absolute atomic E-state index is 0.183. The minimum Gasteiger partial charge on any atom is -0.486 e. The van der Waals surface area contributed by atoms with Crippen LogP contribution in [0.4, 0.5) is 0 Å². The molecule has 5 heteroatoms. The Morgan fingerprint density at radius 2 is 1.67 bits per heavy atom. The first-order valence-corrected chi connectivity index (χ1v) is 7.22. The molecule has 0 saturated heterocycles. The average Bonchev–Trinajstić information content (AvgIpc) is 2.48. The molecule has 0 radical (unpaired) electrons. The highest BCUT2D eigenvalue weighted by Gasteiger charge is 2.21. The van der Waals surface area contributed by atoms with Crippen LogP contribution in [0.5, 0.6) is 11.5 Å². The predicted molar refractivity (Wildman–Crippen MR) is 82.1 cm³/mol. The van der Waals surface area contributed by atoms with E-state index < -0.39 is 0 Å². The van der Waals surface area contributed by atoms with E-state index in [1.54, 1.807) is 30.3 Å². The lowest BCUT2D eigenvalue weighted by molar-refractivity contribution is 0.103. The number of ether oxygens (including phenoxy) is 2. The third-order valence-electron chi connectivity index (χ3n) is 3.39. The number of fused-ring (bicyclic) bond motifs is 1. The molecule has 1 heterocycles. The maximum atomic E-state index is 12.7. The number of hydrogen-bond acceptors (Lipinski definition) is 3. The Morgan fingerprint density at radius 3 is 2.38 bits per heavy atom. The summed E-state index contributed by atoms with van der Waals surface area (Å²) in [5.41, 5.74) is 1.64. The van der Waals surface area contributed by atoms with Crippen molar-refractivity contribution in [2.45, 2.75) is 6.92 Å². The van der Waals surface area contributed by atoms with Gasteiger partial charge in [-0.25, -0.2) is 0 Å². The number of carbonyl (C=O) groups is 1. The number of hydrogen-bond donors (Lipinski definition) is 0. The second-order valence-electron chi connectivity index (χ2n) is 4.72. The summed E-state index contributed by atoms with van der Waals surface area (Å²) in [4.78, 5) is 12.7. The van der Waals surface area contributed by atoms with Gasteiger partial charge in [0.15, 0.2) is 17.3 Å². The number of halogens is 2. The Morgan fingerprint density at radius 1 is 1.00 bits per heavy atom. The molecule has 21 heavy (non-hydrogen) atoms. The van der Waals surface area contributed by atoms with Gasteiger partial charge in [-0.3, -0.25) is 4.79 Å². The van der Waals surface area contributed by atoms with Gasteiger partial charge in [0, 0.05) is 22.2 Å². The first-order chi connectivity index (χ1) is 10.1. The van der Waals surface area contributed by atoms with Gasteiger partial charge in [0.1, 0.15) is 13.2 Å². The van der Waals surface area contributed by atoms with Gasteiger partial charge in [0.2, 0.25) is 0 Å². The molecule has 2 aromatic rings. The molecule has 0 unspecified atom stereocenters. The van der Waals surface area contributed by atoms with E-state index in [0.29, 0.717) is 45.9 Å². The molecular weight excluding hydrogens is 311 g/mol.